The minimum absolute atomic E-state index is 0.456. The fourth-order valence-electron chi connectivity index (χ4n) is 3.31. The molecule has 1 fully saturated rings. The molecule has 0 aliphatic carbocycles. The molecule has 0 spiro atoms. The van der Waals surface area contributed by atoms with Gasteiger partial charge in [0.1, 0.15) is 0 Å². The second-order valence-electron chi connectivity index (χ2n) is 7.32. The molecule has 2 aromatic rings. The molecule has 0 aromatic heterocycles. The van der Waals surface area contributed by atoms with Crippen molar-refractivity contribution in [3.8, 4) is 0 Å². The third-order valence-electron chi connectivity index (χ3n) is 5.06. The van der Waals surface area contributed by atoms with Crippen molar-refractivity contribution in [1.82, 2.24) is 10.2 Å². The third kappa shape index (κ3) is 5.96. The van der Waals surface area contributed by atoms with Crippen molar-refractivity contribution in [2.24, 2.45) is 0 Å². The van der Waals surface area contributed by atoms with Crippen LogP contribution in [0.25, 0.3) is 0 Å². The molecule has 1 heterocycles. The number of piperazine rings is 1. The molecule has 2 aromatic carbocycles. The number of carbonyl (C=O) groups is 2. The van der Waals surface area contributed by atoms with Gasteiger partial charge in [-0.2, -0.15) is 0 Å². The first-order chi connectivity index (χ1) is 14.0. The smallest absolute Gasteiger partial charge is 0.313 e. The highest BCUT2D eigenvalue weighted by Gasteiger charge is 2.18. The van der Waals surface area contributed by atoms with Gasteiger partial charge in [0.05, 0.1) is 0 Å². The summed E-state index contributed by atoms with van der Waals surface area (Å²) in [5.41, 5.74) is 2.88. The van der Waals surface area contributed by atoms with Crippen LogP contribution < -0.4 is 20.4 Å². The van der Waals surface area contributed by atoms with Gasteiger partial charge in [-0.3, -0.25) is 14.5 Å². The highest BCUT2D eigenvalue weighted by Crippen LogP contribution is 2.16. The van der Waals surface area contributed by atoms with Crippen LogP contribution >= 0.6 is 0 Å². The van der Waals surface area contributed by atoms with Gasteiger partial charge < -0.3 is 20.4 Å². The molecule has 3 rings (SSSR count). The Morgan fingerprint density at radius 2 is 1.55 bits per heavy atom. The molecule has 0 bridgehead atoms. The molecule has 7 heteroatoms. The van der Waals surface area contributed by atoms with E-state index >= 15 is 0 Å². The van der Waals surface area contributed by atoms with Crippen LogP contribution in [0.4, 0.5) is 17.1 Å². The normalized spacial score (nSPS) is 14.3. The lowest BCUT2D eigenvalue weighted by atomic mass is 10.2. The van der Waals surface area contributed by atoms with E-state index in [0.717, 1.165) is 38.4 Å². The van der Waals surface area contributed by atoms with Gasteiger partial charge in [-0.05, 0) is 36.4 Å². The molecule has 1 aliphatic heterocycles. The fourth-order valence-corrected chi connectivity index (χ4v) is 3.31. The molecule has 0 radical (unpaired) electrons. The zero-order valence-electron chi connectivity index (χ0n) is 17.1. The Labute approximate surface area is 172 Å². The summed E-state index contributed by atoms with van der Waals surface area (Å²) < 4.78 is 0. The van der Waals surface area contributed by atoms with Gasteiger partial charge in [0.25, 0.3) is 0 Å². The number of amides is 2. The van der Waals surface area contributed by atoms with Gasteiger partial charge in [-0.1, -0.05) is 18.2 Å². The Morgan fingerprint density at radius 3 is 2.17 bits per heavy atom. The van der Waals surface area contributed by atoms with E-state index in [9.17, 15) is 9.59 Å². The summed E-state index contributed by atoms with van der Waals surface area (Å²) in [5, 5.41) is 5.34. The number of hydrogen-bond donors (Lipinski definition) is 2. The van der Waals surface area contributed by atoms with Crippen molar-refractivity contribution < 1.29 is 9.59 Å². The number of rotatable bonds is 6. The van der Waals surface area contributed by atoms with Crippen LogP contribution in [0.2, 0.25) is 0 Å². The number of benzene rings is 2. The standard InChI is InChI=1S/C22H29N5O2/c1-25(2)19-10-8-18(9-11-19)24-22(29)21(28)23-12-13-26-14-16-27(17-15-26)20-6-4-3-5-7-20/h3-11H,12-17H2,1-2H3,(H,23,28)(H,24,29). The van der Waals surface area contributed by atoms with Crippen molar-refractivity contribution >= 4 is 28.9 Å². The lowest BCUT2D eigenvalue weighted by Gasteiger charge is -2.36. The Kier molecular flexibility index (Phi) is 7.08. The minimum atomic E-state index is -0.642. The Bertz CT molecular complexity index is 800. The van der Waals surface area contributed by atoms with Crippen LogP contribution in [-0.2, 0) is 9.59 Å². The molecule has 154 valence electrons. The second kappa shape index (κ2) is 9.93. The van der Waals surface area contributed by atoms with E-state index in [1.54, 1.807) is 12.1 Å². The summed E-state index contributed by atoms with van der Waals surface area (Å²) >= 11 is 0. The number of nitrogens with zero attached hydrogens (tertiary/aromatic N) is 3. The van der Waals surface area contributed by atoms with E-state index in [0.29, 0.717) is 12.2 Å². The topological polar surface area (TPSA) is 67.9 Å². The molecule has 1 saturated heterocycles. The van der Waals surface area contributed by atoms with Crippen molar-refractivity contribution in [2.45, 2.75) is 0 Å². The Morgan fingerprint density at radius 1 is 0.897 bits per heavy atom. The molecular weight excluding hydrogens is 366 g/mol. The second-order valence-corrected chi connectivity index (χ2v) is 7.32. The molecular formula is C22H29N5O2. The largest absolute Gasteiger partial charge is 0.378 e. The Hall–Kier alpha value is -3.06. The zero-order chi connectivity index (χ0) is 20.6. The average molecular weight is 396 g/mol. The first-order valence-corrected chi connectivity index (χ1v) is 9.92. The highest BCUT2D eigenvalue weighted by atomic mass is 16.2. The quantitative estimate of drug-likeness (QED) is 0.728. The maximum atomic E-state index is 12.1. The van der Waals surface area contributed by atoms with Gasteiger partial charge >= 0.3 is 11.8 Å². The van der Waals surface area contributed by atoms with E-state index in [1.165, 1.54) is 5.69 Å². The van der Waals surface area contributed by atoms with Crippen LogP contribution in [-0.4, -0.2) is 70.1 Å². The van der Waals surface area contributed by atoms with Crippen LogP contribution in [0.3, 0.4) is 0 Å². The molecule has 1 aliphatic rings. The van der Waals surface area contributed by atoms with Crippen LogP contribution in [0.5, 0.6) is 0 Å². The summed E-state index contributed by atoms with van der Waals surface area (Å²) in [6, 6.07) is 17.7. The van der Waals surface area contributed by atoms with E-state index in [-0.39, 0.29) is 0 Å². The first kappa shape index (κ1) is 20.7. The van der Waals surface area contributed by atoms with E-state index < -0.39 is 11.8 Å². The van der Waals surface area contributed by atoms with Crippen LogP contribution in [0.1, 0.15) is 0 Å². The average Bonchev–Trinajstić information content (AvgIpc) is 2.75. The lowest BCUT2D eigenvalue weighted by molar-refractivity contribution is -0.136. The van der Waals surface area contributed by atoms with Crippen LogP contribution in [0.15, 0.2) is 54.6 Å². The molecule has 7 nitrogen and oxygen atoms in total. The highest BCUT2D eigenvalue weighted by molar-refractivity contribution is 6.39. The van der Waals surface area contributed by atoms with Gasteiger partial charge in [0.2, 0.25) is 0 Å². The summed E-state index contributed by atoms with van der Waals surface area (Å²) in [6.45, 7) is 4.99. The number of nitrogens with one attached hydrogen (secondary N) is 2. The number of hydrogen-bond acceptors (Lipinski definition) is 5. The van der Waals surface area contributed by atoms with E-state index in [2.05, 4.69) is 44.7 Å². The van der Waals surface area contributed by atoms with Crippen molar-refractivity contribution in [1.29, 1.82) is 0 Å². The maximum Gasteiger partial charge on any atom is 0.313 e. The van der Waals surface area contributed by atoms with Gasteiger partial charge in [0.15, 0.2) is 0 Å². The molecule has 0 unspecified atom stereocenters. The van der Waals surface area contributed by atoms with Gasteiger partial charge in [0, 0.05) is 70.4 Å². The summed E-state index contributed by atoms with van der Waals surface area (Å²) in [4.78, 5) is 30.7. The summed E-state index contributed by atoms with van der Waals surface area (Å²) in [5.74, 6) is -1.25. The predicted molar refractivity (Wildman–Crippen MR) is 118 cm³/mol. The molecule has 2 N–H and O–H groups in total. The van der Waals surface area contributed by atoms with Crippen molar-refractivity contribution in [3.05, 3.63) is 54.6 Å². The van der Waals surface area contributed by atoms with Gasteiger partial charge in [-0.25, -0.2) is 0 Å². The van der Waals surface area contributed by atoms with Crippen molar-refractivity contribution in [2.75, 3.05) is 68.5 Å². The van der Waals surface area contributed by atoms with E-state index in [1.807, 2.05) is 37.2 Å². The number of carbonyl (C=O) groups excluding carboxylic acids is 2. The summed E-state index contributed by atoms with van der Waals surface area (Å²) in [6.07, 6.45) is 0. The minimum Gasteiger partial charge on any atom is -0.378 e. The summed E-state index contributed by atoms with van der Waals surface area (Å²) in [7, 11) is 3.89. The fraction of sp³-hybridized carbons (Fsp3) is 0.364. The molecule has 29 heavy (non-hydrogen) atoms. The number of para-hydroxylation sites is 1. The van der Waals surface area contributed by atoms with Crippen molar-refractivity contribution in [3.63, 3.8) is 0 Å². The third-order valence-corrected chi connectivity index (χ3v) is 5.06. The SMILES string of the molecule is CN(C)c1ccc(NC(=O)C(=O)NCCN2CCN(c3ccccc3)CC2)cc1. The zero-order valence-corrected chi connectivity index (χ0v) is 17.1. The predicted octanol–water partition coefficient (Wildman–Crippen LogP) is 1.63. The molecule has 2 amide bonds. The Balaban J connectivity index is 1.36. The first-order valence-electron chi connectivity index (χ1n) is 9.92. The van der Waals surface area contributed by atoms with E-state index in [4.69, 9.17) is 0 Å². The van der Waals surface area contributed by atoms with Gasteiger partial charge in [-0.15, -0.1) is 0 Å². The lowest BCUT2D eigenvalue weighted by Crippen LogP contribution is -2.49. The monoisotopic (exact) mass is 395 g/mol. The molecule has 0 saturated carbocycles. The van der Waals surface area contributed by atoms with Crippen LogP contribution in [0, 0.1) is 0 Å². The molecule has 0 atom stereocenters. The number of anilines is 3. The maximum absolute atomic E-state index is 12.1.